The van der Waals surface area contributed by atoms with Gasteiger partial charge in [-0.25, -0.2) is 0 Å². The number of phenolic OH excluding ortho intramolecular Hbond substituents is 1. The monoisotopic (exact) mass is 239 g/mol. The minimum absolute atomic E-state index is 0.102. The van der Waals surface area contributed by atoms with Gasteiger partial charge in [0.05, 0.1) is 17.8 Å². The van der Waals surface area contributed by atoms with Crippen LogP contribution in [0.3, 0.4) is 0 Å². The molecule has 0 aliphatic heterocycles. The number of nitrogens with two attached hydrogens (primary N) is 1. The van der Waals surface area contributed by atoms with Crippen LogP contribution in [0.2, 0.25) is 5.02 Å². The van der Waals surface area contributed by atoms with Crippen molar-refractivity contribution in [1.82, 2.24) is 10.2 Å². The molecule has 5 nitrogen and oxygen atoms in total. The van der Waals surface area contributed by atoms with E-state index in [0.717, 1.165) is 0 Å². The zero-order chi connectivity index (χ0) is 11.7. The second kappa shape index (κ2) is 3.94. The number of aromatic amines is 1. The first kappa shape index (κ1) is 10.6. The highest BCUT2D eigenvalue weighted by molar-refractivity contribution is 6.32. The van der Waals surface area contributed by atoms with Crippen molar-refractivity contribution in [3.63, 3.8) is 0 Å². The maximum atomic E-state index is 9.72. The third-order valence-electron chi connectivity index (χ3n) is 2.17. The fourth-order valence-electron chi connectivity index (χ4n) is 1.44. The van der Waals surface area contributed by atoms with Crippen LogP contribution in [0.1, 0.15) is 0 Å². The maximum Gasteiger partial charge on any atom is 0.177 e. The van der Waals surface area contributed by atoms with Crippen molar-refractivity contribution in [2.24, 2.45) is 0 Å². The number of methoxy groups -OCH3 is 1. The van der Waals surface area contributed by atoms with Crippen LogP contribution in [-0.2, 0) is 0 Å². The van der Waals surface area contributed by atoms with Crippen LogP contribution in [0.15, 0.2) is 18.2 Å². The van der Waals surface area contributed by atoms with Crippen molar-refractivity contribution in [1.29, 1.82) is 0 Å². The minimum Gasteiger partial charge on any atom is -0.503 e. The number of nitrogen functional groups attached to an aromatic ring is 1. The molecule has 2 aromatic rings. The lowest BCUT2D eigenvalue weighted by molar-refractivity contribution is 0.375. The first-order valence-corrected chi connectivity index (χ1v) is 4.88. The Morgan fingerprint density at radius 2 is 2.25 bits per heavy atom. The lowest BCUT2D eigenvalue weighted by atomic mass is 10.1. The summed E-state index contributed by atoms with van der Waals surface area (Å²) in [5, 5.41) is 16.5. The molecule has 0 spiro atoms. The summed E-state index contributed by atoms with van der Waals surface area (Å²) in [5.74, 6) is 0.553. The first-order chi connectivity index (χ1) is 7.63. The number of benzene rings is 1. The molecule has 0 amide bonds. The molecule has 6 heteroatoms. The molecule has 0 unspecified atom stereocenters. The van der Waals surface area contributed by atoms with Crippen LogP contribution in [-0.4, -0.2) is 22.4 Å². The molecule has 16 heavy (non-hydrogen) atoms. The van der Waals surface area contributed by atoms with Crippen molar-refractivity contribution in [2.45, 2.75) is 0 Å². The average Bonchev–Trinajstić information content (AvgIpc) is 2.68. The molecule has 1 heterocycles. The molecule has 0 saturated heterocycles. The molecule has 0 saturated carbocycles. The third-order valence-corrected chi connectivity index (χ3v) is 2.48. The number of aromatic nitrogens is 2. The summed E-state index contributed by atoms with van der Waals surface area (Å²) in [5.41, 5.74) is 6.80. The maximum absolute atomic E-state index is 9.72. The summed E-state index contributed by atoms with van der Waals surface area (Å²) < 4.78 is 5.10. The van der Waals surface area contributed by atoms with E-state index in [-0.39, 0.29) is 16.5 Å². The van der Waals surface area contributed by atoms with Gasteiger partial charge in [-0.1, -0.05) is 11.6 Å². The van der Waals surface area contributed by atoms with Gasteiger partial charge in [0.2, 0.25) is 0 Å². The minimum atomic E-state index is -0.102. The van der Waals surface area contributed by atoms with Gasteiger partial charge >= 0.3 is 0 Å². The van der Waals surface area contributed by atoms with Crippen LogP contribution in [0.25, 0.3) is 11.3 Å². The van der Waals surface area contributed by atoms with E-state index in [1.807, 2.05) is 0 Å². The fourth-order valence-corrected chi connectivity index (χ4v) is 1.59. The van der Waals surface area contributed by atoms with Crippen molar-refractivity contribution in [3.8, 4) is 22.8 Å². The molecule has 0 atom stereocenters. The molecule has 0 bridgehead atoms. The number of halogens is 1. The summed E-state index contributed by atoms with van der Waals surface area (Å²) in [6, 6.07) is 4.94. The van der Waals surface area contributed by atoms with Crippen LogP contribution in [0, 0.1) is 0 Å². The van der Waals surface area contributed by atoms with Crippen molar-refractivity contribution in [3.05, 3.63) is 23.2 Å². The number of ether oxygens (including phenoxy) is 1. The number of hydrogen-bond acceptors (Lipinski definition) is 4. The zero-order valence-electron chi connectivity index (χ0n) is 8.49. The molecular formula is C10H10ClN3O2. The van der Waals surface area contributed by atoms with E-state index in [4.69, 9.17) is 22.1 Å². The zero-order valence-corrected chi connectivity index (χ0v) is 9.25. The third kappa shape index (κ3) is 1.65. The van der Waals surface area contributed by atoms with Crippen LogP contribution in [0.5, 0.6) is 11.5 Å². The van der Waals surface area contributed by atoms with Gasteiger partial charge in [-0.3, -0.25) is 5.10 Å². The number of hydrogen-bond donors (Lipinski definition) is 3. The molecule has 0 aliphatic rings. The second-order valence-electron chi connectivity index (χ2n) is 3.18. The molecule has 0 radical (unpaired) electrons. The van der Waals surface area contributed by atoms with Gasteiger partial charge in [0.1, 0.15) is 5.82 Å². The number of nitrogens with one attached hydrogen (secondary N) is 1. The Bertz CT molecular complexity index is 525. The van der Waals surface area contributed by atoms with Gasteiger partial charge < -0.3 is 15.6 Å². The highest BCUT2D eigenvalue weighted by atomic mass is 35.5. The van der Waals surface area contributed by atoms with E-state index in [2.05, 4.69) is 10.2 Å². The molecule has 84 valence electrons. The summed E-state index contributed by atoms with van der Waals surface area (Å²) >= 11 is 5.78. The summed E-state index contributed by atoms with van der Waals surface area (Å²) in [4.78, 5) is 0. The van der Waals surface area contributed by atoms with Gasteiger partial charge in [0, 0.05) is 11.6 Å². The SMILES string of the molecule is COc1c(-c2cc(N)n[nH]2)ccc(Cl)c1O. The van der Waals surface area contributed by atoms with Crippen LogP contribution in [0.4, 0.5) is 5.82 Å². The average molecular weight is 240 g/mol. The van der Waals surface area contributed by atoms with Gasteiger partial charge in [-0.05, 0) is 12.1 Å². The number of nitrogens with zero attached hydrogens (tertiary/aromatic N) is 1. The standard InChI is InChI=1S/C10H10ClN3O2/c1-16-10-5(2-3-6(11)9(10)15)7-4-8(12)14-13-7/h2-4,15H,1H3,(H3,12,13,14). The summed E-state index contributed by atoms with van der Waals surface area (Å²) in [6.45, 7) is 0. The highest BCUT2D eigenvalue weighted by Gasteiger charge is 2.15. The molecule has 1 aromatic carbocycles. The molecular weight excluding hydrogens is 230 g/mol. The number of anilines is 1. The Morgan fingerprint density at radius 3 is 2.81 bits per heavy atom. The second-order valence-corrected chi connectivity index (χ2v) is 3.59. The van der Waals surface area contributed by atoms with Gasteiger partial charge in [-0.15, -0.1) is 0 Å². The summed E-state index contributed by atoms with van der Waals surface area (Å²) in [6.07, 6.45) is 0. The topological polar surface area (TPSA) is 84.2 Å². The van der Waals surface area contributed by atoms with Gasteiger partial charge in [-0.2, -0.15) is 5.10 Å². The van der Waals surface area contributed by atoms with Crippen molar-refractivity contribution in [2.75, 3.05) is 12.8 Å². The lowest BCUT2D eigenvalue weighted by Gasteiger charge is -2.09. The number of H-pyrrole nitrogens is 1. The summed E-state index contributed by atoms with van der Waals surface area (Å²) in [7, 11) is 1.45. The Labute approximate surface area is 96.8 Å². The van der Waals surface area contributed by atoms with Gasteiger partial charge in [0.25, 0.3) is 0 Å². The Balaban J connectivity index is 2.61. The van der Waals surface area contributed by atoms with Gasteiger partial charge in [0.15, 0.2) is 11.5 Å². The van der Waals surface area contributed by atoms with Crippen molar-refractivity contribution >= 4 is 17.4 Å². The Kier molecular flexibility index (Phi) is 2.62. The van der Waals surface area contributed by atoms with E-state index in [0.29, 0.717) is 17.1 Å². The normalized spacial score (nSPS) is 10.4. The Morgan fingerprint density at radius 1 is 1.50 bits per heavy atom. The quantitative estimate of drug-likeness (QED) is 0.749. The molecule has 1 aromatic heterocycles. The predicted octanol–water partition coefficient (Wildman–Crippen LogP) is 2.03. The Hall–Kier alpha value is -1.88. The molecule has 4 N–H and O–H groups in total. The number of phenols is 1. The van der Waals surface area contributed by atoms with Crippen LogP contribution < -0.4 is 10.5 Å². The van der Waals surface area contributed by atoms with E-state index in [1.54, 1.807) is 18.2 Å². The predicted molar refractivity (Wildman–Crippen MR) is 61.7 cm³/mol. The largest absolute Gasteiger partial charge is 0.503 e. The number of rotatable bonds is 2. The lowest BCUT2D eigenvalue weighted by Crippen LogP contribution is -1.89. The molecule has 0 fully saturated rings. The van der Waals surface area contributed by atoms with E-state index in [9.17, 15) is 5.11 Å². The molecule has 2 rings (SSSR count). The first-order valence-electron chi connectivity index (χ1n) is 4.50. The number of aromatic hydroxyl groups is 1. The van der Waals surface area contributed by atoms with E-state index >= 15 is 0 Å². The van der Waals surface area contributed by atoms with Crippen molar-refractivity contribution < 1.29 is 9.84 Å². The molecule has 0 aliphatic carbocycles. The van der Waals surface area contributed by atoms with E-state index < -0.39 is 0 Å². The van der Waals surface area contributed by atoms with Crippen LogP contribution >= 0.6 is 11.6 Å². The smallest absolute Gasteiger partial charge is 0.177 e. The highest BCUT2D eigenvalue weighted by Crippen LogP contribution is 2.41. The van der Waals surface area contributed by atoms with E-state index in [1.165, 1.54) is 7.11 Å². The fraction of sp³-hybridized carbons (Fsp3) is 0.100.